The lowest BCUT2D eigenvalue weighted by atomic mass is 10.0. The van der Waals surface area contributed by atoms with Crippen molar-refractivity contribution in [3.05, 3.63) is 108 Å². The maximum Gasteiger partial charge on any atom is 0.174 e. The molecule has 3 heterocycles. The maximum absolute atomic E-state index is 5.89. The monoisotopic (exact) mass is 453 g/mol. The minimum atomic E-state index is -0.0788. The summed E-state index contributed by atoms with van der Waals surface area (Å²) < 4.78 is 2.27. The van der Waals surface area contributed by atoms with Gasteiger partial charge in [-0.25, -0.2) is 0 Å². The van der Waals surface area contributed by atoms with Crippen LogP contribution >= 0.6 is 12.2 Å². The number of anilines is 2. The van der Waals surface area contributed by atoms with Gasteiger partial charge in [-0.15, -0.1) is 0 Å². The van der Waals surface area contributed by atoms with Crippen LogP contribution in [0.1, 0.15) is 29.0 Å². The highest BCUT2D eigenvalue weighted by molar-refractivity contribution is 7.80. The van der Waals surface area contributed by atoms with Gasteiger partial charge in [0, 0.05) is 49.2 Å². The van der Waals surface area contributed by atoms with Crippen molar-refractivity contribution in [2.75, 3.05) is 23.9 Å². The second-order valence-corrected chi connectivity index (χ2v) is 8.88. The molecule has 4 aromatic rings. The Bertz CT molecular complexity index is 1260. The average Bonchev–Trinajstić information content (AvgIpc) is 3.44. The summed E-state index contributed by atoms with van der Waals surface area (Å²) in [7, 11) is 4.10. The average molecular weight is 454 g/mol. The molecule has 0 saturated carbocycles. The molecule has 1 N–H and O–H groups in total. The van der Waals surface area contributed by atoms with Crippen LogP contribution in [-0.2, 0) is 0 Å². The van der Waals surface area contributed by atoms with Gasteiger partial charge in [0.25, 0.3) is 0 Å². The number of rotatable bonds is 5. The molecule has 0 aliphatic carbocycles. The highest BCUT2D eigenvalue weighted by Gasteiger charge is 2.42. The highest BCUT2D eigenvalue weighted by atomic mass is 32.1. The fourth-order valence-electron chi connectivity index (χ4n) is 4.53. The van der Waals surface area contributed by atoms with Crippen molar-refractivity contribution in [1.82, 2.24) is 14.9 Å². The Morgan fingerprint density at radius 3 is 2.36 bits per heavy atom. The lowest BCUT2D eigenvalue weighted by molar-refractivity contribution is 0.549. The van der Waals surface area contributed by atoms with Gasteiger partial charge in [0.15, 0.2) is 5.11 Å². The Morgan fingerprint density at radius 1 is 0.909 bits per heavy atom. The second-order valence-electron chi connectivity index (χ2n) is 8.50. The van der Waals surface area contributed by atoms with Gasteiger partial charge in [0.05, 0.1) is 11.7 Å². The predicted octanol–water partition coefficient (Wildman–Crippen LogP) is 5.42. The number of pyridine rings is 1. The molecule has 2 atom stereocenters. The van der Waals surface area contributed by atoms with Crippen molar-refractivity contribution < 1.29 is 0 Å². The molecule has 0 radical (unpaired) electrons. The van der Waals surface area contributed by atoms with E-state index in [-0.39, 0.29) is 12.1 Å². The Hall–Kier alpha value is -3.64. The summed E-state index contributed by atoms with van der Waals surface area (Å²) in [6.45, 7) is 2.14. The van der Waals surface area contributed by atoms with E-state index in [0.29, 0.717) is 5.11 Å². The maximum atomic E-state index is 5.89. The lowest BCUT2D eigenvalue weighted by Gasteiger charge is -2.29. The number of benzene rings is 2. The summed E-state index contributed by atoms with van der Waals surface area (Å²) >= 11 is 5.89. The number of hydrogen-bond donors (Lipinski definition) is 1. The molecular formula is C27H27N5S. The van der Waals surface area contributed by atoms with Gasteiger partial charge in [0.1, 0.15) is 6.04 Å². The van der Waals surface area contributed by atoms with Crippen molar-refractivity contribution in [3.8, 4) is 5.69 Å². The van der Waals surface area contributed by atoms with Crippen LogP contribution in [0.3, 0.4) is 0 Å². The van der Waals surface area contributed by atoms with Crippen molar-refractivity contribution in [2.45, 2.75) is 19.0 Å². The third-order valence-corrected chi connectivity index (χ3v) is 6.52. The topological polar surface area (TPSA) is 36.3 Å². The first-order valence-electron chi connectivity index (χ1n) is 11.1. The summed E-state index contributed by atoms with van der Waals surface area (Å²) in [6.07, 6.45) is 3.97. The van der Waals surface area contributed by atoms with E-state index in [4.69, 9.17) is 12.2 Å². The van der Waals surface area contributed by atoms with E-state index >= 15 is 0 Å². The Balaban J connectivity index is 1.65. The van der Waals surface area contributed by atoms with Crippen molar-refractivity contribution in [1.29, 1.82) is 0 Å². The third kappa shape index (κ3) is 3.87. The van der Waals surface area contributed by atoms with Crippen LogP contribution in [-0.4, -0.2) is 28.8 Å². The fourth-order valence-corrected chi connectivity index (χ4v) is 4.88. The molecular weight excluding hydrogens is 426 g/mol. The zero-order valence-electron chi connectivity index (χ0n) is 19.0. The van der Waals surface area contributed by atoms with E-state index in [0.717, 1.165) is 28.5 Å². The molecule has 5 rings (SSSR count). The highest BCUT2D eigenvalue weighted by Crippen LogP contribution is 2.42. The molecule has 5 nitrogen and oxygen atoms in total. The minimum Gasteiger partial charge on any atom is -0.378 e. The molecule has 0 spiro atoms. The second kappa shape index (κ2) is 8.71. The summed E-state index contributed by atoms with van der Waals surface area (Å²) in [5.74, 6) is 0. The van der Waals surface area contributed by atoms with Crippen molar-refractivity contribution >= 4 is 28.7 Å². The molecule has 1 aliphatic heterocycles. The first-order valence-corrected chi connectivity index (χ1v) is 11.5. The molecule has 2 aromatic carbocycles. The van der Waals surface area contributed by atoms with Gasteiger partial charge in [-0.1, -0.05) is 24.3 Å². The van der Waals surface area contributed by atoms with Crippen molar-refractivity contribution in [2.24, 2.45) is 0 Å². The first kappa shape index (κ1) is 21.2. The van der Waals surface area contributed by atoms with Crippen LogP contribution in [0.15, 0.2) is 91.3 Å². The lowest BCUT2D eigenvalue weighted by Crippen LogP contribution is -2.30. The number of aryl methyl sites for hydroxylation is 1. The molecule has 6 heteroatoms. The summed E-state index contributed by atoms with van der Waals surface area (Å²) in [4.78, 5) is 9.00. The van der Waals surface area contributed by atoms with Gasteiger partial charge in [-0.2, -0.15) is 0 Å². The molecule has 0 unspecified atom stereocenters. The molecule has 1 saturated heterocycles. The largest absolute Gasteiger partial charge is 0.378 e. The van der Waals surface area contributed by atoms with Crippen LogP contribution in [0.2, 0.25) is 0 Å². The van der Waals surface area contributed by atoms with Gasteiger partial charge in [0.2, 0.25) is 0 Å². The van der Waals surface area contributed by atoms with Gasteiger partial charge in [-0.3, -0.25) is 4.98 Å². The van der Waals surface area contributed by atoms with E-state index in [2.05, 4.69) is 105 Å². The number of nitrogens with zero attached hydrogens (tertiary/aromatic N) is 4. The quantitative estimate of drug-likeness (QED) is 0.408. The normalized spacial score (nSPS) is 17.8. The summed E-state index contributed by atoms with van der Waals surface area (Å²) in [5.41, 5.74) is 6.72. The molecule has 0 bridgehead atoms. The molecule has 1 aliphatic rings. The number of thiocarbonyl (C=S) groups is 1. The van der Waals surface area contributed by atoms with E-state index < -0.39 is 0 Å². The van der Waals surface area contributed by atoms with Crippen LogP contribution in [0.5, 0.6) is 0 Å². The fraction of sp³-hybridized carbons (Fsp3) is 0.185. The van der Waals surface area contributed by atoms with E-state index in [1.165, 1.54) is 5.56 Å². The standard InChI is InChI=1S/C27H27N5S/c1-19-9-4-5-11-23(19)31-18-8-12-24(31)26-25(22-10-6-7-17-28-22)29-27(33)32(26)21-15-13-20(14-16-21)30(2)3/h4-18,25-26H,1-3H3,(H,29,33)/t25-,26+/m0/s1. The number of hydrogen-bond acceptors (Lipinski definition) is 3. The zero-order valence-corrected chi connectivity index (χ0v) is 19.8. The smallest absolute Gasteiger partial charge is 0.174 e. The number of nitrogens with one attached hydrogen (secondary N) is 1. The van der Waals surface area contributed by atoms with Crippen LogP contribution in [0.4, 0.5) is 11.4 Å². The van der Waals surface area contributed by atoms with Gasteiger partial charge < -0.3 is 19.7 Å². The van der Waals surface area contributed by atoms with Crippen LogP contribution in [0.25, 0.3) is 5.69 Å². The predicted molar refractivity (Wildman–Crippen MR) is 139 cm³/mol. The van der Waals surface area contributed by atoms with Gasteiger partial charge >= 0.3 is 0 Å². The summed E-state index contributed by atoms with van der Waals surface area (Å²) in [5, 5.41) is 4.26. The molecule has 166 valence electrons. The number of para-hydroxylation sites is 1. The van der Waals surface area contributed by atoms with E-state index in [1.54, 1.807) is 0 Å². The molecule has 1 fully saturated rings. The van der Waals surface area contributed by atoms with E-state index in [9.17, 15) is 0 Å². The van der Waals surface area contributed by atoms with Gasteiger partial charge in [-0.05, 0) is 79.3 Å². The minimum absolute atomic E-state index is 0.0628. The van der Waals surface area contributed by atoms with Crippen LogP contribution in [0, 0.1) is 6.92 Å². The molecule has 33 heavy (non-hydrogen) atoms. The summed E-state index contributed by atoms with van der Waals surface area (Å²) in [6, 6.07) is 27.2. The van der Waals surface area contributed by atoms with E-state index in [1.807, 2.05) is 32.4 Å². The van der Waals surface area contributed by atoms with Crippen LogP contribution < -0.4 is 15.1 Å². The Labute approximate surface area is 200 Å². The zero-order chi connectivity index (χ0) is 22.9. The van der Waals surface area contributed by atoms with Crippen molar-refractivity contribution in [3.63, 3.8) is 0 Å². The SMILES string of the molecule is Cc1ccccc1-n1cccc1[C@@H]1[C@H](c2ccccn2)NC(=S)N1c1ccc(N(C)C)cc1. The Kier molecular flexibility index (Phi) is 5.60. The first-order chi connectivity index (χ1) is 16.0. The third-order valence-electron chi connectivity index (χ3n) is 6.20. The molecule has 0 amide bonds. The molecule has 2 aromatic heterocycles. The number of aromatic nitrogens is 2. The Morgan fingerprint density at radius 2 is 1.67 bits per heavy atom.